The lowest BCUT2D eigenvalue weighted by Crippen LogP contribution is -2.24. The fourth-order valence-electron chi connectivity index (χ4n) is 1.70. The molecule has 18 heavy (non-hydrogen) atoms. The third-order valence-corrected chi connectivity index (χ3v) is 3.30. The molecule has 0 aliphatic rings. The SMILES string of the molecule is CCCNC(c1csnn1)c1ccc(Cl)cc1F. The van der Waals surface area contributed by atoms with Gasteiger partial charge in [-0.15, -0.1) is 5.10 Å². The van der Waals surface area contributed by atoms with Gasteiger partial charge in [-0.05, 0) is 36.6 Å². The van der Waals surface area contributed by atoms with E-state index in [-0.39, 0.29) is 11.9 Å². The highest BCUT2D eigenvalue weighted by atomic mass is 35.5. The van der Waals surface area contributed by atoms with E-state index in [1.807, 2.05) is 5.38 Å². The average Bonchev–Trinajstić information content (AvgIpc) is 2.85. The second-order valence-corrected chi connectivity index (χ2v) is 4.93. The lowest BCUT2D eigenvalue weighted by Gasteiger charge is -2.17. The van der Waals surface area contributed by atoms with E-state index >= 15 is 0 Å². The highest BCUT2D eigenvalue weighted by molar-refractivity contribution is 7.03. The zero-order valence-electron chi connectivity index (χ0n) is 9.86. The summed E-state index contributed by atoms with van der Waals surface area (Å²) in [5, 5.41) is 9.50. The molecule has 2 aromatic rings. The summed E-state index contributed by atoms with van der Waals surface area (Å²) in [5.74, 6) is -0.330. The van der Waals surface area contributed by atoms with E-state index in [2.05, 4.69) is 21.8 Å². The minimum Gasteiger partial charge on any atom is -0.305 e. The van der Waals surface area contributed by atoms with Crippen LogP contribution in [0, 0.1) is 5.82 Å². The molecule has 1 aromatic heterocycles. The molecular weight excluding hydrogens is 273 g/mol. The van der Waals surface area contributed by atoms with E-state index in [1.54, 1.807) is 12.1 Å². The largest absolute Gasteiger partial charge is 0.305 e. The van der Waals surface area contributed by atoms with Gasteiger partial charge in [0.15, 0.2) is 0 Å². The second kappa shape index (κ2) is 6.22. The van der Waals surface area contributed by atoms with Gasteiger partial charge < -0.3 is 5.32 Å². The van der Waals surface area contributed by atoms with Crippen molar-refractivity contribution in [2.45, 2.75) is 19.4 Å². The Morgan fingerprint density at radius 1 is 1.50 bits per heavy atom. The first-order chi connectivity index (χ1) is 8.72. The van der Waals surface area contributed by atoms with Crippen molar-refractivity contribution >= 4 is 23.1 Å². The molecule has 1 unspecified atom stereocenters. The van der Waals surface area contributed by atoms with Crippen LogP contribution in [-0.4, -0.2) is 16.1 Å². The minimum atomic E-state index is -0.330. The number of aromatic nitrogens is 2. The smallest absolute Gasteiger partial charge is 0.129 e. The molecule has 6 heteroatoms. The quantitative estimate of drug-likeness (QED) is 0.915. The molecule has 0 aliphatic heterocycles. The first kappa shape index (κ1) is 13.4. The summed E-state index contributed by atoms with van der Waals surface area (Å²) in [6.07, 6.45) is 0.962. The summed E-state index contributed by atoms with van der Waals surface area (Å²) in [6, 6.07) is 4.41. The van der Waals surface area contributed by atoms with Crippen LogP contribution in [0.2, 0.25) is 5.02 Å². The Balaban J connectivity index is 2.33. The van der Waals surface area contributed by atoms with Gasteiger partial charge in [0.1, 0.15) is 5.82 Å². The standard InChI is InChI=1S/C12H13ClFN3S/c1-2-5-15-12(11-7-18-17-16-11)9-4-3-8(13)6-10(9)14/h3-4,6-7,12,15H,2,5H2,1H3. The van der Waals surface area contributed by atoms with Crippen LogP contribution in [0.4, 0.5) is 4.39 Å². The van der Waals surface area contributed by atoms with Crippen LogP contribution in [0.3, 0.4) is 0 Å². The number of rotatable bonds is 5. The highest BCUT2D eigenvalue weighted by Gasteiger charge is 2.19. The summed E-state index contributed by atoms with van der Waals surface area (Å²) in [7, 11) is 0. The normalized spacial score (nSPS) is 12.6. The van der Waals surface area contributed by atoms with Gasteiger partial charge in [-0.1, -0.05) is 29.1 Å². The van der Waals surface area contributed by atoms with Gasteiger partial charge in [-0.3, -0.25) is 0 Å². The lowest BCUT2D eigenvalue weighted by molar-refractivity contribution is 0.539. The first-order valence-corrected chi connectivity index (χ1v) is 6.89. The van der Waals surface area contributed by atoms with Crippen LogP contribution in [0.5, 0.6) is 0 Å². The van der Waals surface area contributed by atoms with Gasteiger partial charge in [0.05, 0.1) is 11.7 Å². The van der Waals surface area contributed by atoms with E-state index in [4.69, 9.17) is 11.6 Å². The molecule has 1 heterocycles. The van der Waals surface area contributed by atoms with Crippen LogP contribution >= 0.6 is 23.1 Å². The molecule has 0 fully saturated rings. The molecule has 1 aromatic carbocycles. The van der Waals surface area contributed by atoms with Gasteiger partial charge in [-0.25, -0.2) is 4.39 Å². The number of nitrogens with zero attached hydrogens (tertiary/aromatic N) is 2. The van der Waals surface area contributed by atoms with Crippen LogP contribution in [0.1, 0.15) is 30.6 Å². The van der Waals surface area contributed by atoms with Crippen molar-refractivity contribution in [3.63, 3.8) is 0 Å². The maximum Gasteiger partial charge on any atom is 0.129 e. The van der Waals surface area contributed by atoms with E-state index < -0.39 is 0 Å². The Hall–Kier alpha value is -1.04. The number of nitrogens with one attached hydrogen (secondary N) is 1. The predicted octanol–water partition coefficient (Wildman–Crippen LogP) is 3.42. The van der Waals surface area contributed by atoms with Crippen LogP contribution < -0.4 is 5.32 Å². The number of halogens is 2. The molecule has 96 valence electrons. The summed E-state index contributed by atoms with van der Waals surface area (Å²) in [4.78, 5) is 0. The second-order valence-electron chi connectivity index (χ2n) is 3.88. The molecule has 0 saturated carbocycles. The fraction of sp³-hybridized carbons (Fsp3) is 0.333. The monoisotopic (exact) mass is 285 g/mol. The summed E-state index contributed by atoms with van der Waals surface area (Å²) in [5.41, 5.74) is 1.27. The van der Waals surface area contributed by atoms with Crippen molar-refractivity contribution < 1.29 is 4.39 Å². The van der Waals surface area contributed by atoms with Gasteiger partial charge in [0, 0.05) is 16.0 Å². The van der Waals surface area contributed by atoms with E-state index in [0.717, 1.165) is 18.7 Å². The zero-order valence-corrected chi connectivity index (χ0v) is 11.4. The van der Waals surface area contributed by atoms with E-state index in [9.17, 15) is 4.39 Å². The Bertz CT molecular complexity index is 504. The molecule has 0 amide bonds. The maximum absolute atomic E-state index is 14.0. The average molecular weight is 286 g/mol. The molecule has 3 nitrogen and oxygen atoms in total. The van der Waals surface area contributed by atoms with E-state index in [0.29, 0.717) is 10.6 Å². The number of hydrogen-bond donors (Lipinski definition) is 1. The summed E-state index contributed by atoms with van der Waals surface area (Å²) in [6.45, 7) is 2.84. The fourth-order valence-corrected chi connectivity index (χ4v) is 2.33. The van der Waals surface area contributed by atoms with Gasteiger partial charge in [0.25, 0.3) is 0 Å². The molecule has 0 bridgehead atoms. The first-order valence-electron chi connectivity index (χ1n) is 5.67. The van der Waals surface area contributed by atoms with Gasteiger partial charge in [-0.2, -0.15) is 0 Å². The Morgan fingerprint density at radius 3 is 2.94 bits per heavy atom. The molecule has 0 radical (unpaired) electrons. The van der Waals surface area contributed by atoms with Crippen molar-refractivity contribution in [3.8, 4) is 0 Å². The molecule has 0 spiro atoms. The zero-order chi connectivity index (χ0) is 13.0. The Labute approximate surface area is 114 Å². The number of hydrogen-bond acceptors (Lipinski definition) is 4. The van der Waals surface area contributed by atoms with Crippen molar-refractivity contribution in [1.82, 2.24) is 14.9 Å². The molecule has 1 atom stereocenters. The summed E-state index contributed by atoms with van der Waals surface area (Å²) >= 11 is 7.02. The predicted molar refractivity (Wildman–Crippen MR) is 71.5 cm³/mol. The van der Waals surface area contributed by atoms with E-state index in [1.165, 1.54) is 17.6 Å². The van der Waals surface area contributed by atoms with Gasteiger partial charge >= 0.3 is 0 Å². The van der Waals surface area contributed by atoms with Crippen molar-refractivity contribution in [2.75, 3.05) is 6.54 Å². The third kappa shape index (κ3) is 3.04. The lowest BCUT2D eigenvalue weighted by atomic mass is 10.0. The molecular formula is C12H13ClFN3S. The minimum absolute atomic E-state index is 0.277. The molecule has 1 N–H and O–H groups in total. The van der Waals surface area contributed by atoms with Crippen molar-refractivity contribution in [3.05, 3.63) is 45.7 Å². The Morgan fingerprint density at radius 2 is 2.33 bits per heavy atom. The van der Waals surface area contributed by atoms with Crippen molar-refractivity contribution in [2.24, 2.45) is 0 Å². The molecule has 2 rings (SSSR count). The Kier molecular flexibility index (Phi) is 4.63. The summed E-state index contributed by atoms with van der Waals surface area (Å²) < 4.78 is 17.8. The third-order valence-electron chi connectivity index (χ3n) is 2.54. The number of benzene rings is 1. The topological polar surface area (TPSA) is 37.8 Å². The molecule has 0 saturated heterocycles. The highest BCUT2D eigenvalue weighted by Crippen LogP contribution is 2.25. The van der Waals surface area contributed by atoms with Crippen LogP contribution in [0.25, 0.3) is 0 Å². The van der Waals surface area contributed by atoms with Gasteiger partial charge in [0.2, 0.25) is 0 Å². The molecule has 0 aliphatic carbocycles. The van der Waals surface area contributed by atoms with Crippen molar-refractivity contribution in [1.29, 1.82) is 0 Å². The van der Waals surface area contributed by atoms with Crippen LogP contribution in [0.15, 0.2) is 23.6 Å². The maximum atomic E-state index is 14.0. The van der Waals surface area contributed by atoms with Crippen LogP contribution in [-0.2, 0) is 0 Å².